The molecule has 0 spiro atoms. The van der Waals surface area contributed by atoms with Crippen molar-refractivity contribution in [1.29, 1.82) is 0 Å². The molecule has 0 aliphatic rings. The first-order valence-electron chi connectivity index (χ1n) is 10.2. The molecule has 0 saturated carbocycles. The van der Waals surface area contributed by atoms with Gasteiger partial charge in [-0.3, -0.25) is 9.59 Å². The molecule has 164 valence electrons. The molecule has 0 heterocycles. The molecule has 7 heteroatoms. The quantitative estimate of drug-likeness (QED) is 0.525. The van der Waals surface area contributed by atoms with E-state index in [1.807, 2.05) is 49.4 Å². The smallest absolute Gasteiger partial charge is 0.258 e. The number of methoxy groups -OCH3 is 1. The summed E-state index contributed by atoms with van der Waals surface area (Å²) in [6.07, 6.45) is 0.187. The Balaban J connectivity index is 1.61. The van der Waals surface area contributed by atoms with Crippen LogP contribution < -0.4 is 20.3 Å². The maximum absolute atomic E-state index is 13.0. The van der Waals surface area contributed by atoms with Crippen molar-refractivity contribution in [3.05, 3.63) is 90.0 Å². The molecule has 0 saturated heterocycles. The number of nitrogens with zero attached hydrogens (tertiary/aromatic N) is 1. The summed E-state index contributed by atoms with van der Waals surface area (Å²) in [5.74, 6) is 0.382. The summed E-state index contributed by atoms with van der Waals surface area (Å²) in [7, 11) is 1.59. The molecular formula is C25H25N3O3S. The average molecular weight is 448 g/mol. The fourth-order valence-corrected chi connectivity index (χ4v) is 3.43. The van der Waals surface area contributed by atoms with Gasteiger partial charge in [0.2, 0.25) is 5.91 Å². The topological polar surface area (TPSA) is 70.7 Å². The van der Waals surface area contributed by atoms with Gasteiger partial charge in [0.15, 0.2) is 5.11 Å². The van der Waals surface area contributed by atoms with Crippen LogP contribution in [-0.2, 0) is 11.2 Å². The van der Waals surface area contributed by atoms with E-state index in [2.05, 4.69) is 10.6 Å². The van der Waals surface area contributed by atoms with E-state index < -0.39 is 0 Å². The fourth-order valence-electron chi connectivity index (χ4n) is 3.20. The number of ether oxygens (including phenoxy) is 1. The van der Waals surface area contributed by atoms with Crippen LogP contribution in [0.2, 0.25) is 0 Å². The summed E-state index contributed by atoms with van der Waals surface area (Å²) in [5.41, 5.74) is 2.82. The molecule has 0 aromatic heterocycles. The number of rotatable bonds is 7. The van der Waals surface area contributed by atoms with Gasteiger partial charge in [0.25, 0.3) is 5.91 Å². The van der Waals surface area contributed by atoms with Gasteiger partial charge in [-0.25, -0.2) is 0 Å². The average Bonchev–Trinajstić information content (AvgIpc) is 2.80. The van der Waals surface area contributed by atoms with Gasteiger partial charge in [-0.2, -0.15) is 0 Å². The van der Waals surface area contributed by atoms with Crippen LogP contribution in [0.4, 0.5) is 11.4 Å². The predicted octanol–water partition coefficient (Wildman–Crippen LogP) is 4.42. The summed E-state index contributed by atoms with van der Waals surface area (Å²) < 4.78 is 5.12. The number of carbonyl (C=O) groups is 2. The van der Waals surface area contributed by atoms with Gasteiger partial charge in [-0.05, 0) is 67.2 Å². The van der Waals surface area contributed by atoms with E-state index in [0.29, 0.717) is 17.8 Å². The highest BCUT2D eigenvalue weighted by molar-refractivity contribution is 7.80. The molecule has 6 nitrogen and oxygen atoms in total. The zero-order valence-corrected chi connectivity index (χ0v) is 18.8. The lowest BCUT2D eigenvalue weighted by Gasteiger charge is -2.21. The van der Waals surface area contributed by atoms with E-state index in [1.165, 1.54) is 0 Å². The van der Waals surface area contributed by atoms with Crippen molar-refractivity contribution in [2.24, 2.45) is 0 Å². The van der Waals surface area contributed by atoms with E-state index in [9.17, 15) is 9.59 Å². The van der Waals surface area contributed by atoms with Crippen molar-refractivity contribution in [3.8, 4) is 5.75 Å². The Kier molecular flexibility index (Phi) is 7.94. The Morgan fingerprint density at radius 2 is 1.69 bits per heavy atom. The summed E-state index contributed by atoms with van der Waals surface area (Å²) in [6.45, 7) is 2.47. The highest BCUT2D eigenvalue weighted by Crippen LogP contribution is 2.19. The number of nitrogens with one attached hydrogen (secondary N) is 2. The first-order chi connectivity index (χ1) is 15.5. The standard InChI is InChI=1S/C25H25N3O3S/c1-3-28(21-10-5-4-6-11-21)24(30)19-8-7-9-20(17-19)26-25(32)27-23(29)16-18-12-14-22(31-2)15-13-18/h4-15,17H,3,16H2,1-2H3,(H2,26,27,29,32). The minimum atomic E-state index is -0.235. The second-order valence-electron chi connectivity index (χ2n) is 6.99. The van der Waals surface area contributed by atoms with Crippen molar-refractivity contribution in [2.75, 3.05) is 23.9 Å². The number of amides is 2. The molecule has 32 heavy (non-hydrogen) atoms. The molecule has 0 aliphatic carbocycles. The molecule has 3 aromatic carbocycles. The largest absolute Gasteiger partial charge is 0.497 e. The predicted molar refractivity (Wildman–Crippen MR) is 131 cm³/mol. The molecule has 2 amide bonds. The fraction of sp³-hybridized carbons (Fsp3) is 0.160. The van der Waals surface area contributed by atoms with E-state index >= 15 is 0 Å². The van der Waals surface area contributed by atoms with Crippen LogP contribution in [0.3, 0.4) is 0 Å². The second-order valence-corrected chi connectivity index (χ2v) is 7.40. The lowest BCUT2D eigenvalue weighted by Crippen LogP contribution is -2.35. The van der Waals surface area contributed by atoms with Crippen LogP contribution in [0.5, 0.6) is 5.75 Å². The Bertz CT molecular complexity index is 1090. The lowest BCUT2D eigenvalue weighted by molar-refractivity contribution is -0.119. The number of para-hydroxylation sites is 1. The van der Waals surface area contributed by atoms with Gasteiger partial charge in [-0.15, -0.1) is 0 Å². The maximum Gasteiger partial charge on any atom is 0.258 e. The molecule has 0 unspecified atom stereocenters. The number of benzene rings is 3. The van der Waals surface area contributed by atoms with Crippen LogP contribution >= 0.6 is 12.2 Å². The minimum absolute atomic E-state index is 0.114. The summed E-state index contributed by atoms with van der Waals surface area (Å²) in [5, 5.41) is 5.82. The minimum Gasteiger partial charge on any atom is -0.497 e. The lowest BCUT2D eigenvalue weighted by atomic mass is 10.1. The van der Waals surface area contributed by atoms with Crippen LogP contribution in [0.15, 0.2) is 78.9 Å². The van der Waals surface area contributed by atoms with Crippen molar-refractivity contribution in [2.45, 2.75) is 13.3 Å². The number of hydrogen-bond acceptors (Lipinski definition) is 4. The van der Waals surface area contributed by atoms with Crippen LogP contribution in [0.25, 0.3) is 0 Å². The van der Waals surface area contributed by atoms with Crippen molar-refractivity contribution < 1.29 is 14.3 Å². The van der Waals surface area contributed by atoms with Gasteiger partial charge in [0, 0.05) is 23.5 Å². The first kappa shape index (κ1) is 23.0. The van der Waals surface area contributed by atoms with Gasteiger partial charge in [-0.1, -0.05) is 36.4 Å². The Morgan fingerprint density at radius 1 is 0.969 bits per heavy atom. The summed E-state index contributed by atoms with van der Waals surface area (Å²) >= 11 is 5.27. The van der Waals surface area contributed by atoms with Crippen LogP contribution in [0, 0.1) is 0 Å². The van der Waals surface area contributed by atoms with Crippen molar-refractivity contribution >= 4 is 40.5 Å². The normalized spacial score (nSPS) is 10.2. The maximum atomic E-state index is 13.0. The van der Waals surface area contributed by atoms with Gasteiger partial charge >= 0.3 is 0 Å². The molecule has 0 atom stereocenters. The third-order valence-electron chi connectivity index (χ3n) is 4.77. The molecule has 0 aliphatic heterocycles. The zero-order chi connectivity index (χ0) is 22.9. The summed E-state index contributed by atoms with van der Waals surface area (Å²) in [4.78, 5) is 27.0. The highest BCUT2D eigenvalue weighted by atomic mass is 32.1. The Hall–Kier alpha value is -3.71. The van der Waals surface area contributed by atoms with Gasteiger partial charge in [0.1, 0.15) is 5.75 Å². The number of hydrogen-bond donors (Lipinski definition) is 2. The molecule has 0 fully saturated rings. The van der Waals surface area contributed by atoms with Crippen LogP contribution in [0.1, 0.15) is 22.8 Å². The second kappa shape index (κ2) is 11.1. The molecule has 3 rings (SSSR count). The van der Waals surface area contributed by atoms with E-state index in [-0.39, 0.29) is 23.3 Å². The summed E-state index contributed by atoms with van der Waals surface area (Å²) in [6, 6.07) is 23.8. The Labute approximate surface area is 193 Å². The van der Waals surface area contributed by atoms with E-state index in [1.54, 1.807) is 48.4 Å². The molecule has 0 bridgehead atoms. The zero-order valence-electron chi connectivity index (χ0n) is 18.0. The molecular weight excluding hydrogens is 422 g/mol. The van der Waals surface area contributed by atoms with Crippen LogP contribution in [-0.4, -0.2) is 30.6 Å². The molecule has 2 N–H and O–H groups in total. The van der Waals surface area contributed by atoms with E-state index in [0.717, 1.165) is 17.0 Å². The van der Waals surface area contributed by atoms with E-state index in [4.69, 9.17) is 17.0 Å². The molecule has 3 aromatic rings. The SMILES string of the molecule is CCN(C(=O)c1cccc(NC(=S)NC(=O)Cc2ccc(OC)cc2)c1)c1ccccc1. The van der Waals surface area contributed by atoms with Crippen molar-refractivity contribution in [1.82, 2.24) is 5.32 Å². The number of thiocarbonyl (C=S) groups is 1. The van der Waals surface area contributed by atoms with Gasteiger partial charge < -0.3 is 20.3 Å². The highest BCUT2D eigenvalue weighted by Gasteiger charge is 2.16. The van der Waals surface area contributed by atoms with Crippen molar-refractivity contribution in [3.63, 3.8) is 0 Å². The number of carbonyl (C=O) groups excluding carboxylic acids is 2. The first-order valence-corrected chi connectivity index (χ1v) is 10.6. The third kappa shape index (κ3) is 6.15. The number of anilines is 2. The monoisotopic (exact) mass is 447 g/mol. The third-order valence-corrected chi connectivity index (χ3v) is 4.98. The Morgan fingerprint density at radius 3 is 2.34 bits per heavy atom. The van der Waals surface area contributed by atoms with Gasteiger partial charge in [0.05, 0.1) is 13.5 Å². The molecule has 0 radical (unpaired) electrons.